The molecule has 0 aromatic rings. The Morgan fingerprint density at radius 3 is 1.25 bits per heavy atom. The summed E-state index contributed by atoms with van der Waals surface area (Å²) in [6, 6.07) is 0. The normalized spacial score (nSPS) is 20.2. The Hall–Kier alpha value is -0.120. The average Bonchev–Trinajstić information content (AvgIpc) is 2.46. The second-order valence-electron chi connectivity index (χ2n) is 6.93. The lowest BCUT2D eigenvalue weighted by Crippen LogP contribution is -2.44. The van der Waals surface area contributed by atoms with Gasteiger partial charge in [0.1, 0.15) is 0 Å². The Morgan fingerprint density at radius 2 is 1.05 bits per heavy atom. The first-order valence-electron chi connectivity index (χ1n) is 7.77. The zero-order chi connectivity index (χ0) is 16.0. The molecule has 2 atom stereocenters. The average molecular weight is 288 g/mol. The Balaban J connectivity index is 5.21. The summed E-state index contributed by atoms with van der Waals surface area (Å²) in [5, 5.41) is 0. The zero-order valence-electron chi connectivity index (χ0n) is 15.1. The molecule has 0 N–H and O–H groups in total. The smallest absolute Gasteiger partial charge is 0.0652 e. The summed E-state index contributed by atoms with van der Waals surface area (Å²) < 4.78 is 17.2. The Labute approximate surface area is 126 Å². The van der Waals surface area contributed by atoms with E-state index in [-0.39, 0.29) is 16.8 Å². The highest BCUT2D eigenvalue weighted by Crippen LogP contribution is 2.38. The van der Waals surface area contributed by atoms with Crippen molar-refractivity contribution >= 4 is 0 Å². The van der Waals surface area contributed by atoms with Gasteiger partial charge in [0.15, 0.2) is 0 Å². The molecule has 0 amide bonds. The molecule has 0 spiro atoms. The quantitative estimate of drug-likeness (QED) is 0.595. The summed E-state index contributed by atoms with van der Waals surface area (Å²) in [5.41, 5.74) is -0.407. The molecular formula is C17H36O3. The fraction of sp³-hybridized carbons (Fsp3) is 1.00. The molecule has 0 aromatic heterocycles. The monoisotopic (exact) mass is 288 g/mol. The minimum Gasteiger partial charge on any atom is -0.379 e. The lowest BCUT2D eigenvalue weighted by atomic mass is 9.74. The van der Waals surface area contributed by atoms with Gasteiger partial charge in [-0.2, -0.15) is 0 Å². The molecule has 0 saturated heterocycles. The SMILES string of the molecule is CCC(C)(CC(CC(C)(CC)OC)C(C)(C)OC)OC. The van der Waals surface area contributed by atoms with E-state index in [1.165, 1.54) is 0 Å². The van der Waals surface area contributed by atoms with E-state index in [2.05, 4.69) is 41.5 Å². The van der Waals surface area contributed by atoms with E-state index in [4.69, 9.17) is 14.2 Å². The molecule has 0 saturated carbocycles. The molecule has 0 bridgehead atoms. The first kappa shape index (κ1) is 19.9. The van der Waals surface area contributed by atoms with Gasteiger partial charge in [0, 0.05) is 21.3 Å². The Bertz CT molecular complexity index is 245. The fourth-order valence-electron chi connectivity index (χ4n) is 2.52. The topological polar surface area (TPSA) is 27.7 Å². The van der Waals surface area contributed by atoms with Gasteiger partial charge in [-0.1, -0.05) is 13.8 Å². The lowest BCUT2D eigenvalue weighted by molar-refractivity contribution is -0.109. The van der Waals surface area contributed by atoms with Gasteiger partial charge < -0.3 is 14.2 Å². The number of hydrogen-bond donors (Lipinski definition) is 0. The first-order valence-corrected chi connectivity index (χ1v) is 7.77. The van der Waals surface area contributed by atoms with Crippen LogP contribution >= 0.6 is 0 Å². The largest absolute Gasteiger partial charge is 0.379 e. The maximum absolute atomic E-state index is 5.76. The van der Waals surface area contributed by atoms with E-state index >= 15 is 0 Å². The highest BCUT2D eigenvalue weighted by molar-refractivity contribution is 4.91. The standard InChI is InChI=1S/C17H36O3/c1-10-16(5,19-8)12-14(15(3,4)18-7)13-17(6,11-2)20-9/h14H,10-13H2,1-9H3. The number of methoxy groups -OCH3 is 3. The minimum atomic E-state index is -0.191. The zero-order valence-corrected chi connectivity index (χ0v) is 15.1. The molecule has 2 unspecified atom stereocenters. The molecule has 0 fully saturated rings. The van der Waals surface area contributed by atoms with Gasteiger partial charge in [-0.25, -0.2) is 0 Å². The van der Waals surface area contributed by atoms with Crippen molar-refractivity contribution in [3.8, 4) is 0 Å². The third-order valence-corrected chi connectivity index (χ3v) is 5.35. The summed E-state index contributed by atoms with van der Waals surface area (Å²) in [7, 11) is 5.39. The van der Waals surface area contributed by atoms with Gasteiger partial charge in [0.25, 0.3) is 0 Å². The summed E-state index contributed by atoms with van der Waals surface area (Å²) in [6.45, 7) is 13.0. The summed E-state index contributed by atoms with van der Waals surface area (Å²) in [4.78, 5) is 0. The fourth-order valence-corrected chi connectivity index (χ4v) is 2.52. The van der Waals surface area contributed by atoms with Crippen molar-refractivity contribution in [2.24, 2.45) is 5.92 Å². The van der Waals surface area contributed by atoms with Gasteiger partial charge in [0.2, 0.25) is 0 Å². The van der Waals surface area contributed by atoms with Crippen LogP contribution in [0.2, 0.25) is 0 Å². The summed E-state index contributed by atoms with van der Waals surface area (Å²) in [6.07, 6.45) is 3.94. The predicted molar refractivity (Wildman–Crippen MR) is 85.2 cm³/mol. The van der Waals surface area contributed by atoms with Crippen molar-refractivity contribution in [3.05, 3.63) is 0 Å². The van der Waals surface area contributed by atoms with E-state index < -0.39 is 0 Å². The van der Waals surface area contributed by atoms with E-state index in [1.807, 2.05) is 0 Å². The van der Waals surface area contributed by atoms with Crippen molar-refractivity contribution in [1.82, 2.24) is 0 Å². The molecule has 0 rings (SSSR count). The van der Waals surface area contributed by atoms with Crippen molar-refractivity contribution in [2.75, 3.05) is 21.3 Å². The van der Waals surface area contributed by atoms with Crippen LogP contribution in [0.5, 0.6) is 0 Å². The molecule has 0 aliphatic rings. The van der Waals surface area contributed by atoms with Crippen molar-refractivity contribution < 1.29 is 14.2 Å². The Morgan fingerprint density at radius 1 is 0.700 bits per heavy atom. The van der Waals surface area contributed by atoms with E-state index in [0.29, 0.717) is 5.92 Å². The van der Waals surface area contributed by atoms with Crippen LogP contribution in [-0.4, -0.2) is 38.1 Å². The first-order chi connectivity index (χ1) is 9.12. The number of ether oxygens (including phenoxy) is 3. The molecule has 0 aliphatic carbocycles. The highest BCUT2D eigenvalue weighted by Gasteiger charge is 2.39. The second kappa shape index (κ2) is 7.77. The van der Waals surface area contributed by atoms with Gasteiger partial charge in [-0.3, -0.25) is 0 Å². The lowest BCUT2D eigenvalue weighted by Gasteiger charge is -2.43. The van der Waals surface area contributed by atoms with Crippen LogP contribution in [-0.2, 0) is 14.2 Å². The van der Waals surface area contributed by atoms with Gasteiger partial charge in [-0.05, 0) is 59.3 Å². The van der Waals surface area contributed by atoms with E-state index in [1.54, 1.807) is 21.3 Å². The van der Waals surface area contributed by atoms with E-state index in [0.717, 1.165) is 25.7 Å². The molecule has 0 heterocycles. The molecule has 0 aromatic carbocycles. The number of hydrogen-bond acceptors (Lipinski definition) is 3. The third-order valence-electron chi connectivity index (χ3n) is 5.35. The van der Waals surface area contributed by atoms with Crippen LogP contribution in [0.1, 0.15) is 67.2 Å². The van der Waals surface area contributed by atoms with Crippen LogP contribution in [0, 0.1) is 5.92 Å². The maximum Gasteiger partial charge on any atom is 0.0652 e. The van der Waals surface area contributed by atoms with Crippen molar-refractivity contribution in [2.45, 2.75) is 84.0 Å². The Kier molecular flexibility index (Phi) is 7.72. The van der Waals surface area contributed by atoms with Crippen molar-refractivity contribution in [1.29, 1.82) is 0 Å². The van der Waals surface area contributed by atoms with Gasteiger partial charge in [-0.15, -0.1) is 0 Å². The second-order valence-corrected chi connectivity index (χ2v) is 6.93. The minimum absolute atomic E-state index is 0.108. The van der Waals surface area contributed by atoms with Crippen molar-refractivity contribution in [3.63, 3.8) is 0 Å². The van der Waals surface area contributed by atoms with Crippen LogP contribution < -0.4 is 0 Å². The third kappa shape index (κ3) is 5.34. The van der Waals surface area contributed by atoms with Crippen LogP contribution in [0.4, 0.5) is 0 Å². The van der Waals surface area contributed by atoms with E-state index in [9.17, 15) is 0 Å². The van der Waals surface area contributed by atoms with Crippen LogP contribution in [0.15, 0.2) is 0 Å². The van der Waals surface area contributed by atoms with Crippen LogP contribution in [0.3, 0.4) is 0 Å². The maximum atomic E-state index is 5.76. The highest BCUT2D eigenvalue weighted by atomic mass is 16.5. The van der Waals surface area contributed by atoms with Gasteiger partial charge in [0.05, 0.1) is 16.8 Å². The summed E-state index contributed by atoms with van der Waals surface area (Å²) in [5.74, 6) is 0.377. The molecule has 0 aliphatic heterocycles. The summed E-state index contributed by atoms with van der Waals surface area (Å²) >= 11 is 0. The molecule has 0 radical (unpaired) electrons. The molecule has 20 heavy (non-hydrogen) atoms. The van der Waals surface area contributed by atoms with Crippen LogP contribution in [0.25, 0.3) is 0 Å². The van der Waals surface area contributed by atoms with Gasteiger partial charge >= 0.3 is 0 Å². The number of rotatable bonds is 10. The molecule has 3 heteroatoms. The molecular weight excluding hydrogens is 252 g/mol. The molecule has 3 nitrogen and oxygen atoms in total. The predicted octanol–water partition coefficient (Wildman–Crippen LogP) is 4.44. The molecule has 122 valence electrons.